The molecule has 0 aliphatic carbocycles. The van der Waals surface area contributed by atoms with Gasteiger partial charge in [0.05, 0.1) is 12.0 Å². The zero-order valence-electron chi connectivity index (χ0n) is 10.5. The Hall–Kier alpha value is -2.35. The first-order valence-corrected chi connectivity index (χ1v) is 6.16. The summed E-state index contributed by atoms with van der Waals surface area (Å²) in [6.07, 6.45) is 0.577. The molecule has 1 aliphatic heterocycles. The van der Waals surface area contributed by atoms with Gasteiger partial charge in [0.15, 0.2) is 0 Å². The Morgan fingerprint density at radius 1 is 1.37 bits per heavy atom. The predicted octanol–water partition coefficient (Wildman–Crippen LogP) is 0.628. The van der Waals surface area contributed by atoms with E-state index in [9.17, 15) is 14.9 Å². The third kappa shape index (κ3) is 2.74. The normalized spacial score (nSPS) is 19.7. The highest BCUT2D eigenvalue weighted by Gasteiger charge is 2.33. The summed E-state index contributed by atoms with van der Waals surface area (Å²) in [7, 11) is 0. The number of hydrogen-bond donors (Lipinski definition) is 1. The van der Waals surface area contributed by atoms with Crippen molar-refractivity contribution in [3.8, 4) is 6.07 Å². The van der Waals surface area contributed by atoms with Crippen LogP contribution in [0.1, 0.15) is 17.9 Å². The van der Waals surface area contributed by atoms with Crippen molar-refractivity contribution in [1.82, 2.24) is 4.90 Å². The second-order valence-electron chi connectivity index (χ2n) is 4.65. The molecule has 0 aromatic heterocycles. The lowest BCUT2D eigenvalue weighted by Gasteiger charge is -2.19. The van der Waals surface area contributed by atoms with E-state index in [2.05, 4.69) is 0 Å². The van der Waals surface area contributed by atoms with E-state index in [4.69, 9.17) is 5.73 Å². The van der Waals surface area contributed by atoms with Gasteiger partial charge in [-0.3, -0.25) is 9.59 Å². The average Bonchev–Trinajstić information content (AvgIpc) is 2.90. The third-order valence-corrected chi connectivity index (χ3v) is 3.41. The molecule has 19 heavy (non-hydrogen) atoms. The summed E-state index contributed by atoms with van der Waals surface area (Å²) >= 11 is 0. The molecule has 0 bridgehead atoms. The summed E-state index contributed by atoms with van der Waals surface area (Å²) in [6, 6.07) is 11.0. The van der Waals surface area contributed by atoms with Crippen LogP contribution in [0.2, 0.25) is 0 Å². The van der Waals surface area contributed by atoms with E-state index >= 15 is 0 Å². The van der Waals surface area contributed by atoms with E-state index in [1.807, 2.05) is 12.1 Å². The number of nitriles is 1. The summed E-state index contributed by atoms with van der Waals surface area (Å²) in [6.45, 7) is 0.802. The molecule has 0 radical (unpaired) electrons. The number of hydrogen-bond acceptors (Lipinski definition) is 3. The lowest BCUT2D eigenvalue weighted by atomic mass is 9.99. The minimum Gasteiger partial charge on any atom is -0.369 e. The van der Waals surface area contributed by atoms with Crippen LogP contribution in [0.15, 0.2) is 30.3 Å². The van der Waals surface area contributed by atoms with Crippen LogP contribution >= 0.6 is 0 Å². The van der Waals surface area contributed by atoms with Gasteiger partial charge >= 0.3 is 0 Å². The quantitative estimate of drug-likeness (QED) is 0.861. The van der Waals surface area contributed by atoms with Gasteiger partial charge in [-0.25, -0.2) is 0 Å². The van der Waals surface area contributed by atoms with Crippen LogP contribution in [0.3, 0.4) is 0 Å². The van der Waals surface area contributed by atoms with Crippen molar-refractivity contribution in [2.45, 2.75) is 12.3 Å². The second-order valence-corrected chi connectivity index (χ2v) is 4.65. The summed E-state index contributed by atoms with van der Waals surface area (Å²) < 4.78 is 0. The maximum absolute atomic E-state index is 12.3. The zero-order chi connectivity index (χ0) is 13.8. The van der Waals surface area contributed by atoms with Crippen molar-refractivity contribution < 1.29 is 9.59 Å². The van der Waals surface area contributed by atoms with E-state index in [0.29, 0.717) is 25.1 Å². The molecule has 1 aromatic carbocycles. The van der Waals surface area contributed by atoms with Gasteiger partial charge in [-0.15, -0.1) is 0 Å². The topological polar surface area (TPSA) is 87.2 Å². The number of carbonyl (C=O) groups excluding carboxylic acids is 2. The lowest BCUT2D eigenvalue weighted by Crippen LogP contribution is -2.34. The molecule has 1 heterocycles. The van der Waals surface area contributed by atoms with E-state index in [1.165, 1.54) is 0 Å². The first-order valence-electron chi connectivity index (χ1n) is 6.16. The molecule has 98 valence electrons. The lowest BCUT2D eigenvalue weighted by molar-refractivity contribution is -0.130. The molecule has 0 saturated carbocycles. The Morgan fingerprint density at radius 3 is 2.58 bits per heavy atom. The molecule has 2 atom stereocenters. The maximum Gasteiger partial charge on any atom is 0.244 e. The van der Waals surface area contributed by atoms with Crippen LogP contribution in [0.25, 0.3) is 0 Å². The molecule has 2 N–H and O–H groups in total. The van der Waals surface area contributed by atoms with Crippen molar-refractivity contribution in [3.63, 3.8) is 0 Å². The minimum absolute atomic E-state index is 0.252. The molecule has 0 spiro atoms. The van der Waals surface area contributed by atoms with Crippen LogP contribution in [0.4, 0.5) is 0 Å². The highest BCUT2D eigenvalue weighted by molar-refractivity contribution is 5.87. The molecule has 5 heteroatoms. The highest BCUT2D eigenvalue weighted by Crippen LogP contribution is 2.23. The predicted molar refractivity (Wildman–Crippen MR) is 68.7 cm³/mol. The van der Waals surface area contributed by atoms with Crippen LogP contribution < -0.4 is 5.73 Å². The fraction of sp³-hybridized carbons (Fsp3) is 0.357. The number of rotatable bonds is 3. The molecule has 5 nitrogen and oxygen atoms in total. The first-order chi connectivity index (χ1) is 9.13. The molecule has 1 aromatic rings. The number of nitrogens with zero attached hydrogens (tertiary/aromatic N) is 2. The molecule has 2 unspecified atom stereocenters. The average molecular weight is 257 g/mol. The van der Waals surface area contributed by atoms with Gasteiger partial charge in [-0.2, -0.15) is 5.26 Å². The Labute approximate surface area is 111 Å². The second kappa shape index (κ2) is 5.53. The van der Waals surface area contributed by atoms with Crippen molar-refractivity contribution in [3.05, 3.63) is 35.9 Å². The third-order valence-electron chi connectivity index (χ3n) is 3.41. The number of likely N-dealkylation sites (tertiary alicyclic amines) is 1. The number of nitrogens with two attached hydrogens (primary N) is 1. The van der Waals surface area contributed by atoms with Crippen LogP contribution in [0.5, 0.6) is 0 Å². The molecular formula is C14H15N3O2. The van der Waals surface area contributed by atoms with Gasteiger partial charge in [-0.1, -0.05) is 30.3 Å². The smallest absolute Gasteiger partial charge is 0.244 e. The molecular weight excluding hydrogens is 242 g/mol. The van der Waals surface area contributed by atoms with Gasteiger partial charge in [0.2, 0.25) is 11.8 Å². The monoisotopic (exact) mass is 257 g/mol. The van der Waals surface area contributed by atoms with Crippen molar-refractivity contribution in [2.75, 3.05) is 13.1 Å². The van der Waals surface area contributed by atoms with Gasteiger partial charge in [0, 0.05) is 13.1 Å². The SMILES string of the molecule is N#CC(C(=O)N1CCC(C(N)=O)C1)c1ccccc1. The van der Waals surface area contributed by atoms with Crippen LogP contribution in [0, 0.1) is 17.2 Å². The largest absolute Gasteiger partial charge is 0.369 e. The number of amides is 2. The van der Waals surface area contributed by atoms with Gasteiger partial charge in [0.1, 0.15) is 5.92 Å². The minimum atomic E-state index is -0.812. The standard InChI is InChI=1S/C14H15N3O2/c15-8-12(10-4-2-1-3-5-10)14(19)17-7-6-11(9-17)13(16)18/h1-5,11-12H,6-7,9H2,(H2,16,18). The van der Waals surface area contributed by atoms with Crippen molar-refractivity contribution in [2.24, 2.45) is 11.7 Å². The van der Waals surface area contributed by atoms with Gasteiger partial charge < -0.3 is 10.6 Å². The zero-order valence-corrected chi connectivity index (χ0v) is 10.5. The summed E-state index contributed by atoms with van der Waals surface area (Å²) in [5.74, 6) is -1.74. The Balaban J connectivity index is 2.11. The van der Waals surface area contributed by atoms with Crippen LogP contribution in [-0.4, -0.2) is 29.8 Å². The van der Waals surface area contributed by atoms with Crippen molar-refractivity contribution >= 4 is 11.8 Å². The van der Waals surface area contributed by atoms with E-state index in [0.717, 1.165) is 0 Å². The number of benzene rings is 1. The first kappa shape index (κ1) is 13.1. The molecule has 1 aliphatic rings. The summed E-state index contributed by atoms with van der Waals surface area (Å²) in [4.78, 5) is 24.9. The van der Waals surface area contributed by atoms with Gasteiger partial charge in [-0.05, 0) is 12.0 Å². The van der Waals surface area contributed by atoms with E-state index in [1.54, 1.807) is 29.2 Å². The Kier molecular flexibility index (Phi) is 3.81. The fourth-order valence-electron chi connectivity index (χ4n) is 2.29. The summed E-state index contributed by atoms with van der Waals surface area (Å²) in [5, 5.41) is 9.20. The molecule has 2 rings (SSSR count). The summed E-state index contributed by atoms with van der Waals surface area (Å²) in [5.41, 5.74) is 5.92. The fourth-order valence-corrected chi connectivity index (χ4v) is 2.29. The van der Waals surface area contributed by atoms with Gasteiger partial charge in [0.25, 0.3) is 0 Å². The van der Waals surface area contributed by atoms with E-state index in [-0.39, 0.29) is 17.7 Å². The van der Waals surface area contributed by atoms with E-state index < -0.39 is 5.92 Å². The number of carbonyl (C=O) groups is 2. The number of primary amides is 1. The van der Waals surface area contributed by atoms with Crippen LogP contribution in [-0.2, 0) is 9.59 Å². The Morgan fingerprint density at radius 2 is 2.05 bits per heavy atom. The molecule has 1 fully saturated rings. The van der Waals surface area contributed by atoms with Crippen molar-refractivity contribution in [1.29, 1.82) is 5.26 Å². The molecule has 1 saturated heterocycles. The maximum atomic E-state index is 12.3. The Bertz CT molecular complexity index is 521. The molecule has 2 amide bonds. The highest BCUT2D eigenvalue weighted by atomic mass is 16.2.